The van der Waals surface area contributed by atoms with Crippen LogP contribution in [-0.2, 0) is 0 Å². The van der Waals surface area contributed by atoms with Crippen molar-refractivity contribution in [3.05, 3.63) is 23.8 Å². The molecule has 2 saturated heterocycles. The third-order valence-electron chi connectivity index (χ3n) is 5.59. The van der Waals surface area contributed by atoms with E-state index < -0.39 is 0 Å². The summed E-state index contributed by atoms with van der Waals surface area (Å²) >= 11 is 0. The molecule has 2 aliphatic rings. The van der Waals surface area contributed by atoms with Crippen molar-refractivity contribution in [3.8, 4) is 0 Å². The Morgan fingerprint density at radius 2 is 1.78 bits per heavy atom. The highest BCUT2D eigenvalue weighted by Gasteiger charge is 2.25. The van der Waals surface area contributed by atoms with Gasteiger partial charge in [-0.1, -0.05) is 6.92 Å². The molecule has 1 aromatic rings. The number of nitrogens with zero attached hydrogens (tertiary/aromatic N) is 2. The number of amides is 3. The van der Waals surface area contributed by atoms with Gasteiger partial charge in [-0.25, -0.2) is 4.79 Å². The molecule has 3 amide bonds. The average molecular weight is 373 g/mol. The Morgan fingerprint density at radius 1 is 1.07 bits per heavy atom. The molecule has 1 aromatic carbocycles. The smallest absolute Gasteiger partial charge is 0.319 e. The van der Waals surface area contributed by atoms with Crippen LogP contribution >= 0.6 is 0 Å². The van der Waals surface area contributed by atoms with Crippen molar-refractivity contribution in [2.24, 2.45) is 5.92 Å². The number of carbonyl (C=O) groups is 2. The van der Waals surface area contributed by atoms with Crippen molar-refractivity contribution in [2.45, 2.75) is 46.0 Å². The summed E-state index contributed by atoms with van der Waals surface area (Å²) in [5, 5.41) is 5.57. The zero-order valence-electron chi connectivity index (χ0n) is 16.6. The van der Waals surface area contributed by atoms with E-state index in [4.69, 9.17) is 0 Å². The lowest BCUT2D eigenvalue weighted by Gasteiger charge is -2.35. The number of carbonyl (C=O) groups excluding carboxylic acids is 2. The van der Waals surface area contributed by atoms with Gasteiger partial charge in [0.05, 0.1) is 5.56 Å². The summed E-state index contributed by atoms with van der Waals surface area (Å²) in [7, 11) is 0. The summed E-state index contributed by atoms with van der Waals surface area (Å²) in [6, 6.07) is 5.50. The van der Waals surface area contributed by atoms with E-state index in [1.54, 1.807) is 0 Å². The third kappa shape index (κ3) is 4.93. The Labute approximate surface area is 162 Å². The van der Waals surface area contributed by atoms with Gasteiger partial charge >= 0.3 is 6.03 Å². The molecular weight excluding hydrogens is 340 g/mol. The SMILES string of the molecule is CCNC(=O)Nc1ccc(N2CCC(C)CC2)c(C(=O)N2CCCCC2)c1. The molecule has 2 fully saturated rings. The van der Waals surface area contributed by atoms with Crippen LogP contribution in [0.4, 0.5) is 16.2 Å². The van der Waals surface area contributed by atoms with Gasteiger partial charge in [0.15, 0.2) is 0 Å². The maximum atomic E-state index is 13.3. The van der Waals surface area contributed by atoms with E-state index in [2.05, 4.69) is 22.5 Å². The first-order chi connectivity index (χ1) is 13.1. The zero-order valence-corrected chi connectivity index (χ0v) is 16.6. The summed E-state index contributed by atoms with van der Waals surface area (Å²) in [5.41, 5.74) is 2.37. The van der Waals surface area contributed by atoms with Gasteiger partial charge in [0.1, 0.15) is 0 Å². The molecule has 148 valence electrons. The van der Waals surface area contributed by atoms with Crippen molar-refractivity contribution < 1.29 is 9.59 Å². The molecule has 3 rings (SSSR count). The number of urea groups is 1. The summed E-state index contributed by atoms with van der Waals surface area (Å²) in [5.74, 6) is 0.823. The standard InChI is InChI=1S/C21H32N4O2/c1-3-22-21(27)23-17-7-8-19(24-13-9-16(2)10-14-24)18(15-17)20(26)25-11-5-4-6-12-25/h7-8,15-16H,3-6,9-14H2,1-2H3,(H2,22,23,27). The normalized spacial score (nSPS) is 18.3. The maximum Gasteiger partial charge on any atom is 0.319 e. The van der Waals surface area contributed by atoms with Crippen LogP contribution in [0.5, 0.6) is 0 Å². The molecule has 0 unspecified atom stereocenters. The molecule has 6 heteroatoms. The van der Waals surface area contributed by atoms with Crippen LogP contribution in [0.1, 0.15) is 56.3 Å². The highest BCUT2D eigenvalue weighted by atomic mass is 16.2. The third-order valence-corrected chi connectivity index (χ3v) is 5.59. The van der Waals surface area contributed by atoms with Crippen LogP contribution in [-0.4, -0.2) is 49.6 Å². The maximum absolute atomic E-state index is 13.3. The second-order valence-corrected chi connectivity index (χ2v) is 7.74. The lowest BCUT2D eigenvalue weighted by Crippen LogP contribution is -2.38. The molecule has 2 N–H and O–H groups in total. The minimum atomic E-state index is -0.242. The fourth-order valence-corrected chi connectivity index (χ4v) is 3.91. The van der Waals surface area contributed by atoms with Crippen molar-refractivity contribution in [1.29, 1.82) is 0 Å². The molecule has 0 spiro atoms. The number of rotatable bonds is 4. The molecular formula is C21H32N4O2. The lowest BCUT2D eigenvalue weighted by atomic mass is 9.97. The van der Waals surface area contributed by atoms with Crippen LogP contribution in [0.25, 0.3) is 0 Å². The molecule has 27 heavy (non-hydrogen) atoms. The predicted molar refractivity (Wildman–Crippen MR) is 110 cm³/mol. The van der Waals surface area contributed by atoms with Gasteiger partial charge in [0.2, 0.25) is 0 Å². The van der Waals surface area contributed by atoms with E-state index in [1.807, 2.05) is 30.0 Å². The van der Waals surface area contributed by atoms with E-state index in [-0.39, 0.29) is 11.9 Å². The Hall–Kier alpha value is -2.24. The highest BCUT2D eigenvalue weighted by Crippen LogP contribution is 2.30. The van der Waals surface area contributed by atoms with E-state index in [0.717, 1.165) is 63.5 Å². The first kappa shape index (κ1) is 19.5. The number of hydrogen-bond donors (Lipinski definition) is 2. The van der Waals surface area contributed by atoms with Crippen molar-refractivity contribution in [3.63, 3.8) is 0 Å². The Bertz CT molecular complexity index is 662. The van der Waals surface area contributed by atoms with E-state index >= 15 is 0 Å². The van der Waals surface area contributed by atoms with Gasteiger partial charge in [0, 0.05) is 44.1 Å². The van der Waals surface area contributed by atoms with Gasteiger partial charge < -0.3 is 20.4 Å². The van der Waals surface area contributed by atoms with Crippen LogP contribution < -0.4 is 15.5 Å². The highest BCUT2D eigenvalue weighted by molar-refractivity contribution is 6.02. The van der Waals surface area contributed by atoms with E-state index in [9.17, 15) is 9.59 Å². The van der Waals surface area contributed by atoms with Crippen molar-refractivity contribution in [1.82, 2.24) is 10.2 Å². The molecule has 0 saturated carbocycles. The van der Waals surface area contributed by atoms with Gasteiger partial charge in [-0.3, -0.25) is 4.79 Å². The minimum Gasteiger partial charge on any atom is -0.371 e. The van der Waals surface area contributed by atoms with Gasteiger partial charge in [-0.2, -0.15) is 0 Å². The van der Waals surface area contributed by atoms with E-state index in [1.165, 1.54) is 6.42 Å². The van der Waals surface area contributed by atoms with Crippen molar-refractivity contribution in [2.75, 3.05) is 42.9 Å². The number of piperidine rings is 2. The quantitative estimate of drug-likeness (QED) is 0.847. The van der Waals surface area contributed by atoms with Crippen LogP contribution in [0.3, 0.4) is 0 Å². The number of likely N-dealkylation sites (tertiary alicyclic amines) is 1. The molecule has 6 nitrogen and oxygen atoms in total. The fraction of sp³-hybridized carbons (Fsp3) is 0.619. The van der Waals surface area contributed by atoms with Crippen LogP contribution in [0.2, 0.25) is 0 Å². The Morgan fingerprint density at radius 3 is 2.44 bits per heavy atom. The second kappa shape index (κ2) is 9.11. The summed E-state index contributed by atoms with van der Waals surface area (Å²) in [4.78, 5) is 29.4. The van der Waals surface area contributed by atoms with Gasteiger partial charge in [-0.05, 0) is 63.1 Å². The number of nitrogens with one attached hydrogen (secondary N) is 2. The molecule has 0 radical (unpaired) electrons. The summed E-state index contributed by atoms with van der Waals surface area (Å²) in [6.07, 6.45) is 5.63. The number of anilines is 2. The summed E-state index contributed by atoms with van der Waals surface area (Å²) in [6.45, 7) is 8.33. The molecule has 0 aromatic heterocycles. The predicted octanol–water partition coefficient (Wildman–Crippen LogP) is 3.69. The van der Waals surface area contributed by atoms with Crippen molar-refractivity contribution >= 4 is 23.3 Å². The molecule has 2 aliphatic heterocycles. The molecule has 0 bridgehead atoms. The topological polar surface area (TPSA) is 64.7 Å². The molecule has 0 atom stereocenters. The fourth-order valence-electron chi connectivity index (χ4n) is 3.91. The Kier molecular flexibility index (Phi) is 6.58. The van der Waals surface area contributed by atoms with Crippen LogP contribution in [0, 0.1) is 5.92 Å². The minimum absolute atomic E-state index is 0.0860. The first-order valence-electron chi connectivity index (χ1n) is 10.3. The van der Waals surface area contributed by atoms with Crippen LogP contribution in [0.15, 0.2) is 18.2 Å². The molecule has 2 heterocycles. The number of benzene rings is 1. The molecule has 0 aliphatic carbocycles. The lowest BCUT2D eigenvalue weighted by molar-refractivity contribution is 0.0725. The zero-order chi connectivity index (χ0) is 19.2. The number of hydrogen-bond acceptors (Lipinski definition) is 3. The van der Waals surface area contributed by atoms with E-state index in [0.29, 0.717) is 17.8 Å². The average Bonchev–Trinajstić information content (AvgIpc) is 2.69. The monoisotopic (exact) mass is 372 g/mol. The van der Waals surface area contributed by atoms with Gasteiger partial charge in [0.25, 0.3) is 5.91 Å². The summed E-state index contributed by atoms with van der Waals surface area (Å²) < 4.78 is 0. The first-order valence-corrected chi connectivity index (χ1v) is 10.3. The largest absolute Gasteiger partial charge is 0.371 e. The second-order valence-electron chi connectivity index (χ2n) is 7.74. The Balaban J connectivity index is 1.86. The van der Waals surface area contributed by atoms with Gasteiger partial charge in [-0.15, -0.1) is 0 Å².